The molecule has 0 bridgehead atoms. The molecule has 4 aliphatic rings. The Hall–Kier alpha value is -1.12. The molecular formula is C15H23N4O5P. The van der Waals surface area contributed by atoms with Crippen molar-refractivity contribution in [1.29, 1.82) is 0 Å². The molecule has 138 valence electrons. The molecule has 0 radical (unpaired) electrons. The number of nitrogens with zero attached hydrogens (tertiary/aromatic N) is 4. The molecule has 10 heteroatoms. The zero-order chi connectivity index (χ0) is 17.9. The SMILES string of the molecule is CC1=NC=NC2C1N=CN2[C@@H]1O[C@@H]2C(C)OP(=O)(C(C)C)O[C@H]2[C@H]1O. The molecule has 0 aromatic rings. The van der Waals surface area contributed by atoms with Gasteiger partial charge in [-0.05, 0) is 13.8 Å². The van der Waals surface area contributed by atoms with Gasteiger partial charge >= 0.3 is 7.60 Å². The molecule has 0 aromatic heterocycles. The van der Waals surface area contributed by atoms with E-state index in [1.54, 1.807) is 32.0 Å². The highest BCUT2D eigenvalue weighted by molar-refractivity contribution is 7.54. The van der Waals surface area contributed by atoms with Crippen LogP contribution in [0.15, 0.2) is 15.0 Å². The van der Waals surface area contributed by atoms with Crippen molar-refractivity contribution in [2.45, 2.75) is 76.2 Å². The summed E-state index contributed by atoms with van der Waals surface area (Å²) in [7, 11) is -3.29. The normalized spacial score (nSPS) is 48.6. The maximum atomic E-state index is 12.8. The second-order valence-electron chi connectivity index (χ2n) is 7.10. The van der Waals surface area contributed by atoms with Gasteiger partial charge in [-0.15, -0.1) is 0 Å². The summed E-state index contributed by atoms with van der Waals surface area (Å²) in [4.78, 5) is 14.7. The zero-order valence-corrected chi connectivity index (χ0v) is 15.5. The van der Waals surface area contributed by atoms with Gasteiger partial charge in [-0.25, -0.2) is 9.98 Å². The molecule has 2 saturated heterocycles. The van der Waals surface area contributed by atoms with Gasteiger partial charge in [0.05, 0.1) is 18.1 Å². The van der Waals surface area contributed by atoms with E-state index >= 15 is 0 Å². The Morgan fingerprint density at radius 3 is 2.76 bits per heavy atom. The summed E-state index contributed by atoms with van der Waals surface area (Å²) in [5, 5.41) is 10.8. The van der Waals surface area contributed by atoms with Gasteiger partial charge < -0.3 is 19.3 Å². The van der Waals surface area contributed by atoms with Crippen molar-refractivity contribution < 1.29 is 23.5 Å². The first kappa shape index (κ1) is 17.3. The average Bonchev–Trinajstić information content (AvgIpc) is 3.11. The third-order valence-electron chi connectivity index (χ3n) is 5.08. The highest BCUT2D eigenvalue weighted by Gasteiger charge is 2.58. The fourth-order valence-corrected chi connectivity index (χ4v) is 5.28. The summed E-state index contributed by atoms with van der Waals surface area (Å²) < 4.78 is 30.2. The van der Waals surface area contributed by atoms with Gasteiger partial charge in [0.1, 0.15) is 30.7 Å². The van der Waals surface area contributed by atoms with Crippen molar-refractivity contribution in [3.63, 3.8) is 0 Å². The predicted octanol–water partition coefficient (Wildman–Crippen LogP) is 1.02. The molecule has 0 spiro atoms. The number of aliphatic imine (C=N–C) groups is 3. The molecular weight excluding hydrogens is 347 g/mol. The molecule has 4 unspecified atom stereocenters. The number of aliphatic hydroxyl groups is 1. The second-order valence-corrected chi connectivity index (χ2v) is 9.64. The lowest BCUT2D eigenvalue weighted by atomic mass is 10.1. The van der Waals surface area contributed by atoms with E-state index in [2.05, 4.69) is 15.0 Å². The molecule has 25 heavy (non-hydrogen) atoms. The fourth-order valence-electron chi connectivity index (χ4n) is 3.58. The van der Waals surface area contributed by atoms with Crippen LogP contribution < -0.4 is 0 Å². The Morgan fingerprint density at radius 1 is 1.28 bits per heavy atom. The van der Waals surface area contributed by atoms with E-state index in [1.165, 1.54) is 6.34 Å². The van der Waals surface area contributed by atoms with E-state index in [-0.39, 0.29) is 17.9 Å². The minimum Gasteiger partial charge on any atom is -0.386 e. The second kappa shape index (κ2) is 5.96. The van der Waals surface area contributed by atoms with Crippen molar-refractivity contribution >= 4 is 26.0 Å². The summed E-state index contributed by atoms with van der Waals surface area (Å²) in [6.07, 6.45) is -0.500. The van der Waals surface area contributed by atoms with Gasteiger partial charge in [0.2, 0.25) is 0 Å². The molecule has 4 rings (SSSR count). The van der Waals surface area contributed by atoms with E-state index in [9.17, 15) is 9.67 Å². The smallest absolute Gasteiger partial charge is 0.333 e. The lowest BCUT2D eigenvalue weighted by Crippen LogP contribution is -2.50. The quantitative estimate of drug-likeness (QED) is 0.728. The first-order valence-corrected chi connectivity index (χ1v) is 10.1. The van der Waals surface area contributed by atoms with E-state index in [0.29, 0.717) is 0 Å². The van der Waals surface area contributed by atoms with E-state index in [1.807, 2.05) is 6.92 Å². The maximum Gasteiger partial charge on any atom is 0.333 e. The number of hydrogen-bond acceptors (Lipinski definition) is 9. The van der Waals surface area contributed by atoms with E-state index in [0.717, 1.165) is 5.71 Å². The number of aliphatic hydroxyl groups excluding tert-OH is 1. The Bertz CT molecular complexity index is 695. The van der Waals surface area contributed by atoms with Crippen LogP contribution in [0.1, 0.15) is 27.7 Å². The Labute approximate surface area is 146 Å². The molecule has 0 aliphatic carbocycles. The number of hydrogen-bond donors (Lipinski definition) is 1. The van der Waals surface area contributed by atoms with E-state index < -0.39 is 38.2 Å². The molecule has 9 nitrogen and oxygen atoms in total. The van der Waals surface area contributed by atoms with Crippen LogP contribution in [0.5, 0.6) is 0 Å². The van der Waals surface area contributed by atoms with Crippen LogP contribution in [-0.4, -0.2) is 76.9 Å². The fraction of sp³-hybridized carbons (Fsp3) is 0.800. The van der Waals surface area contributed by atoms with Crippen molar-refractivity contribution in [3.8, 4) is 0 Å². The van der Waals surface area contributed by atoms with Crippen LogP contribution in [0.4, 0.5) is 0 Å². The minimum atomic E-state index is -3.29. The van der Waals surface area contributed by atoms with Crippen LogP contribution in [0.3, 0.4) is 0 Å². The standard InChI is InChI=1S/C15H23N4O5P/c1-7(2)25(21)23-9(4)12-13(24-25)11(20)15(22-12)19-6-18-10-8(3)16-5-17-14(10)19/h5-7,9-15,20H,1-4H3/t9?,10?,11-,12-,13+,14?,15-,25?/m1/s1. The largest absolute Gasteiger partial charge is 0.386 e. The van der Waals surface area contributed by atoms with Gasteiger partial charge in [-0.2, -0.15) is 0 Å². The number of rotatable bonds is 2. The Balaban J connectivity index is 1.57. The third-order valence-corrected chi connectivity index (χ3v) is 7.51. The molecule has 0 aromatic carbocycles. The van der Waals surface area contributed by atoms with E-state index in [4.69, 9.17) is 13.8 Å². The molecule has 4 aliphatic heterocycles. The van der Waals surface area contributed by atoms with Crippen molar-refractivity contribution in [3.05, 3.63) is 0 Å². The molecule has 1 N–H and O–H groups in total. The van der Waals surface area contributed by atoms with Crippen molar-refractivity contribution in [2.75, 3.05) is 0 Å². The molecule has 2 fully saturated rings. The predicted molar refractivity (Wildman–Crippen MR) is 92.3 cm³/mol. The van der Waals surface area contributed by atoms with Crippen molar-refractivity contribution in [1.82, 2.24) is 4.90 Å². The maximum absolute atomic E-state index is 12.8. The molecule has 4 heterocycles. The van der Waals surface area contributed by atoms with Gasteiger partial charge in [0.25, 0.3) is 0 Å². The number of ether oxygens (including phenoxy) is 1. The molecule has 0 amide bonds. The van der Waals surface area contributed by atoms with Crippen LogP contribution in [-0.2, 0) is 18.3 Å². The van der Waals surface area contributed by atoms with Crippen LogP contribution in [0.2, 0.25) is 0 Å². The number of fused-ring (bicyclic) bond motifs is 2. The molecule has 8 atom stereocenters. The van der Waals surface area contributed by atoms with Crippen molar-refractivity contribution in [2.24, 2.45) is 15.0 Å². The lowest BCUT2D eigenvalue weighted by molar-refractivity contribution is -0.103. The first-order chi connectivity index (χ1) is 11.8. The topological polar surface area (TPSA) is 105 Å². The zero-order valence-electron chi connectivity index (χ0n) is 14.6. The van der Waals surface area contributed by atoms with Gasteiger partial charge in [-0.1, -0.05) is 13.8 Å². The highest BCUT2D eigenvalue weighted by atomic mass is 31.2. The Morgan fingerprint density at radius 2 is 2.04 bits per heavy atom. The molecule has 0 saturated carbocycles. The van der Waals surface area contributed by atoms with Crippen LogP contribution in [0.25, 0.3) is 0 Å². The first-order valence-electron chi connectivity index (χ1n) is 8.48. The lowest BCUT2D eigenvalue weighted by Gasteiger charge is -2.37. The summed E-state index contributed by atoms with van der Waals surface area (Å²) in [6.45, 7) is 7.25. The van der Waals surface area contributed by atoms with Crippen LogP contribution in [0, 0.1) is 0 Å². The summed E-state index contributed by atoms with van der Waals surface area (Å²) in [5.74, 6) is 0. The van der Waals surface area contributed by atoms with Crippen LogP contribution >= 0.6 is 7.60 Å². The summed E-state index contributed by atoms with van der Waals surface area (Å²) in [5.41, 5.74) is 0.572. The van der Waals surface area contributed by atoms with Gasteiger partial charge in [0, 0.05) is 5.71 Å². The summed E-state index contributed by atoms with van der Waals surface area (Å²) >= 11 is 0. The Kier molecular flexibility index (Phi) is 4.12. The average molecular weight is 370 g/mol. The highest BCUT2D eigenvalue weighted by Crippen LogP contribution is 2.60. The summed E-state index contributed by atoms with van der Waals surface area (Å²) in [6, 6.07) is -0.181. The monoisotopic (exact) mass is 370 g/mol. The van der Waals surface area contributed by atoms with Gasteiger partial charge in [-0.3, -0.25) is 14.1 Å². The minimum absolute atomic E-state index is 0.181. The third kappa shape index (κ3) is 2.61. The van der Waals surface area contributed by atoms with Gasteiger partial charge in [0.15, 0.2) is 12.4 Å².